The van der Waals surface area contributed by atoms with Crippen molar-refractivity contribution < 1.29 is 4.74 Å². The average Bonchev–Trinajstić information content (AvgIpc) is 2.99. The Bertz CT molecular complexity index is 484. The minimum Gasteiger partial charge on any atom is -0.368 e. The molecule has 0 aliphatic carbocycles. The molecule has 70 valence electrons. The third kappa shape index (κ3) is 1.21. The maximum absolute atomic E-state index is 5.36. The predicted molar refractivity (Wildman–Crippen MR) is 57.4 cm³/mol. The molecule has 2 aromatic rings. The van der Waals surface area contributed by atoms with Crippen molar-refractivity contribution in [2.45, 2.75) is 13.0 Å². The minimum atomic E-state index is 0.347. The molecule has 0 radical (unpaired) electrons. The average molecular weight is 184 g/mol. The van der Waals surface area contributed by atoms with Crippen LogP contribution >= 0.6 is 0 Å². The number of hydrogen-bond acceptors (Lipinski definition) is 1. The lowest BCUT2D eigenvalue weighted by Crippen LogP contribution is -1.86. The van der Waals surface area contributed by atoms with E-state index in [4.69, 9.17) is 4.74 Å². The fourth-order valence-electron chi connectivity index (χ4n) is 1.99. The molecule has 1 aliphatic heterocycles. The van der Waals surface area contributed by atoms with E-state index in [2.05, 4.69) is 43.3 Å². The van der Waals surface area contributed by atoms with Crippen LogP contribution in [0.25, 0.3) is 10.8 Å². The Kier molecular flexibility index (Phi) is 1.62. The molecular formula is C13H12O. The van der Waals surface area contributed by atoms with Gasteiger partial charge in [0.1, 0.15) is 6.10 Å². The normalized spacial score (nSPS) is 19.9. The van der Waals surface area contributed by atoms with Crippen LogP contribution in [-0.2, 0) is 4.74 Å². The van der Waals surface area contributed by atoms with E-state index >= 15 is 0 Å². The van der Waals surface area contributed by atoms with Gasteiger partial charge in [0.05, 0.1) is 6.61 Å². The Labute approximate surface area is 83.3 Å². The van der Waals surface area contributed by atoms with Crippen LogP contribution < -0.4 is 0 Å². The Morgan fingerprint density at radius 3 is 2.79 bits per heavy atom. The van der Waals surface area contributed by atoms with Crippen LogP contribution in [0.4, 0.5) is 0 Å². The SMILES string of the molecule is Cc1cc(C2CO2)c2ccccc2c1. The zero-order valence-electron chi connectivity index (χ0n) is 8.16. The van der Waals surface area contributed by atoms with Crippen molar-refractivity contribution in [2.75, 3.05) is 6.61 Å². The summed E-state index contributed by atoms with van der Waals surface area (Å²) in [6.45, 7) is 3.02. The highest BCUT2D eigenvalue weighted by Gasteiger charge is 2.26. The largest absolute Gasteiger partial charge is 0.368 e. The third-order valence-electron chi connectivity index (χ3n) is 2.72. The van der Waals surface area contributed by atoms with E-state index in [1.165, 1.54) is 21.9 Å². The second kappa shape index (κ2) is 2.82. The zero-order chi connectivity index (χ0) is 9.54. The van der Waals surface area contributed by atoms with Gasteiger partial charge < -0.3 is 4.74 Å². The Balaban J connectivity index is 2.34. The number of benzene rings is 2. The molecule has 3 rings (SSSR count). The van der Waals surface area contributed by atoms with Gasteiger partial charge in [0.2, 0.25) is 0 Å². The molecule has 0 N–H and O–H groups in total. The van der Waals surface area contributed by atoms with Crippen LogP contribution in [0.15, 0.2) is 36.4 Å². The van der Waals surface area contributed by atoms with E-state index in [1.54, 1.807) is 0 Å². The summed E-state index contributed by atoms with van der Waals surface area (Å²) in [6, 6.07) is 13.0. The molecule has 0 bridgehead atoms. The number of ether oxygens (including phenoxy) is 1. The second-order valence-electron chi connectivity index (χ2n) is 3.90. The summed E-state index contributed by atoms with van der Waals surface area (Å²) in [5.74, 6) is 0. The Morgan fingerprint density at radius 2 is 2.00 bits per heavy atom. The molecule has 2 aromatic carbocycles. The molecule has 14 heavy (non-hydrogen) atoms. The first kappa shape index (κ1) is 8.01. The van der Waals surface area contributed by atoms with Gasteiger partial charge in [-0.05, 0) is 23.3 Å². The van der Waals surface area contributed by atoms with Crippen molar-refractivity contribution in [3.63, 3.8) is 0 Å². The van der Waals surface area contributed by atoms with E-state index < -0.39 is 0 Å². The molecule has 0 saturated carbocycles. The van der Waals surface area contributed by atoms with Crippen molar-refractivity contribution >= 4 is 10.8 Å². The topological polar surface area (TPSA) is 12.5 Å². The molecule has 1 saturated heterocycles. The lowest BCUT2D eigenvalue weighted by atomic mass is 10.00. The van der Waals surface area contributed by atoms with Crippen LogP contribution in [0.3, 0.4) is 0 Å². The highest BCUT2D eigenvalue weighted by Crippen LogP contribution is 2.35. The van der Waals surface area contributed by atoms with Gasteiger partial charge in [0, 0.05) is 0 Å². The first-order valence-electron chi connectivity index (χ1n) is 4.95. The summed E-state index contributed by atoms with van der Waals surface area (Å²) in [5.41, 5.74) is 2.66. The summed E-state index contributed by atoms with van der Waals surface area (Å²) >= 11 is 0. The molecule has 1 heteroatoms. The summed E-state index contributed by atoms with van der Waals surface area (Å²) in [6.07, 6.45) is 0.347. The van der Waals surface area contributed by atoms with Crippen molar-refractivity contribution in [2.24, 2.45) is 0 Å². The number of hydrogen-bond donors (Lipinski definition) is 0. The van der Waals surface area contributed by atoms with Gasteiger partial charge in [-0.2, -0.15) is 0 Å². The van der Waals surface area contributed by atoms with Gasteiger partial charge in [-0.25, -0.2) is 0 Å². The van der Waals surface area contributed by atoms with Gasteiger partial charge in [-0.15, -0.1) is 0 Å². The Hall–Kier alpha value is -1.34. The fraction of sp³-hybridized carbons (Fsp3) is 0.231. The molecule has 0 spiro atoms. The van der Waals surface area contributed by atoms with Crippen LogP contribution in [0, 0.1) is 6.92 Å². The second-order valence-corrected chi connectivity index (χ2v) is 3.90. The number of aryl methyl sites for hydroxylation is 1. The van der Waals surface area contributed by atoms with Crippen molar-refractivity contribution in [1.29, 1.82) is 0 Å². The van der Waals surface area contributed by atoms with Gasteiger partial charge in [0.15, 0.2) is 0 Å². The first-order valence-corrected chi connectivity index (χ1v) is 4.95. The monoisotopic (exact) mass is 184 g/mol. The molecule has 1 atom stereocenters. The number of rotatable bonds is 1. The number of fused-ring (bicyclic) bond motifs is 1. The Morgan fingerprint density at radius 1 is 1.21 bits per heavy atom. The lowest BCUT2D eigenvalue weighted by molar-refractivity contribution is 0.417. The zero-order valence-corrected chi connectivity index (χ0v) is 8.16. The van der Waals surface area contributed by atoms with Gasteiger partial charge >= 0.3 is 0 Å². The summed E-state index contributed by atoms with van der Waals surface area (Å²) in [4.78, 5) is 0. The maximum atomic E-state index is 5.36. The molecule has 1 unspecified atom stereocenters. The number of epoxide rings is 1. The molecule has 1 nitrogen and oxygen atoms in total. The van der Waals surface area contributed by atoms with Crippen LogP contribution in [0.5, 0.6) is 0 Å². The molecule has 1 fully saturated rings. The highest BCUT2D eigenvalue weighted by atomic mass is 16.6. The van der Waals surface area contributed by atoms with Crippen molar-refractivity contribution in [1.82, 2.24) is 0 Å². The fourth-order valence-corrected chi connectivity index (χ4v) is 1.99. The van der Waals surface area contributed by atoms with Gasteiger partial charge in [0.25, 0.3) is 0 Å². The van der Waals surface area contributed by atoms with Crippen molar-refractivity contribution in [3.8, 4) is 0 Å². The predicted octanol–water partition coefficient (Wildman–Crippen LogP) is 3.22. The summed E-state index contributed by atoms with van der Waals surface area (Å²) in [5, 5.41) is 2.65. The first-order chi connectivity index (χ1) is 6.84. The maximum Gasteiger partial charge on any atom is 0.107 e. The molecule has 0 amide bonds. The van der Waals surface area contributed by atoms with E-state index in [0.29, 0.717) is 6.10 Å². The minimum absolute atomic E-state index is 0.347. The lowest BCUT2D eigenvalue weighted by Gasteiger charge is -2.05. The van der Waals surface area contributed by atoms with E-state index in [-0.39, 0.29) is 0 Å². The molecule has 1 heterocycles. The smallest absolute Gasteiger partial charge is 0.107 e. The summed E-state index contributed by atoms with van der Waals surface area (Å²) < 4.78 is 5.36. The van der Waals surface area contributed by atoms with Crippen molar-refractivity contribution in [3.05, 3.63) is 47.5 Å². The van der Waals surface area contributed by atoms with Gasteiger partial charge in [-0.3, -0.25) is 0 Å². The summed E-state index contributed by atoms with van der Waals surface area (Å²) in [7, 11) is 0. The van der Waals surface area contributed by atoms with E-state index in [0.717, 1.165) is 6.61 Å². The highest BCUT2D eigenvalue weighted by molar-refractivity contribution is 5.87. The van der Waals surface area contributed by atoms with E-state index in [9.17, 15) is 0 Å². The van der Waals surface area contributed by atoms with Gasteiger partial charge in [-0.1, -0.05) is 42.0 Å². The molecule has 1 aliphatic rings. The van der Waals surface area contributed by atoms with Crippen LogP contribution in [0.1, 0.15) is 17.2 Å². The molecular weight excluding hydrogens is 172 g/mol. The van der Waals surface area contributed by atoms with Crippen LogP contribution in [-0.4, -0.2) is 6.61 Å². The standard InChI is InChI=1S/C13H12O/c1-9-6-10-4-2-3-5-11(10)12(7-9)13-8-14-13/h2-7,13H,8H2,1H3. The van der Waals surface area contributed by atoms with E-state index in [1.807, 2.05) is 0 Å². The molecule has 0 aromatic heterocycles. The quantitative estimate of drug-likeness (QED) is 0.620. The van der Waals surface area contributed by atoms with Crippen LogP contribution in [0.2, 0.25) is 0 Å². The third-order valence-corrected chi connectivity index (χ3v) is 2.72.